The van der Waals surface area contributed by atoms with Crippen LogP contribution in [0.1, 0.15) is 53.4 Å². The molecule has 1 fully saturated rings. The Kier molecular flexibility index (Phi) is 8.73. The quantitative estimate of drug-likeness (QED) is 0.480. The topological polar surface area (TPSA) is 119 Å². The Bertz CT molecular complexity index is 1220. The van der Waals surface area contributed by atoms with Gasteiger partial charge in [0.15, 0.2) is 0 Å². The van der Waals surface area contributed by atoms with Crippen molar-refractivity contribution in [2.45, 2.75) is 76.0 Å². The van der Waals surface area contributed by atoms with Gasteiger partial charge in [0.1, 0.15) is 18.2 Å². The highest BCUT2D eigenvalue weighted by Crippen LogP contribution is 2.26. The largest absolute Gasteiger partial charge is 0.465 e. The van der Waals surface area contributed by atoms with Gasteiger partial charge < -0.3 is 14.4 Å². The van der Waals surface area contributed by atoms with Crippen molar-refractivity contribution in [3.63, 3.8) is 0 Å². The van der Waals surface area contributed by atoms with Gasteiger partial charge in [-0.2, -0.15) is 4.72 Å². The van der Waals surface area contributed by atoms with Gasteiger partial charge in [-0.1, -0.05) is 30.3 Å². The molecule has 1 saturated carbocycles. The molecule has 196 valence electrons. The van der Waals surface area contributed by atoms with Crippen LogP contribution >= 0.6 is 0 Å². The second-order valence-corrected chi connectivity index (χ2v) is 11.5. The molecule has 0 spiro atoms. The fraction of sp³-hybridized carbons (Fsp3) is 0.500. The van der Waals surface area contributed by atoms with Crippen molar-refractivity contribution in [2.75, 3.05) is 13.2 Å². The minimum absolute atomic E-state index is 0.0382. The van der Waals surface area contributed by atoms with E-state index in [9.17, 15) is 22.8 Å². The summed E-state index contributed by atoms with van der Waals surface area (Å²) in [5, 5.41) is 1.58. The van der Waals surface area contributed by atoms with Crippen molar-refractivity contribution in [3.8, 4) is 0 Å². The van der Waals surface area contributed by atoms with Gasteiger partial charge in [-0.15, -0.1) is 0 Å². The SMILES string of the molecule is CCOC(=O)CN(C(=O)[C@H](CC(=O)OC(C)(C)C)NS(=O)(=O)c1ccc2ccccc2c1)C1CCC1. The fourth-order valence-electron chi connectivity index (χ4n) is 3.95. The maximum absolute atomic E-state index is 13.6. The first-order chi connectivity index (χ1) is 16.9. The van der Waals surface area contributed by atoms with Crippen molar-refractivity contribution >= 4 is 38.6 Å². The lowest BCUT2D eigenvalue weighted by molar-refractivity contribution is -0.158. The maximum atomic E-state index is 13.6. The van der Waals surface area contributed by atoms with E-state index in [4.69, 9.17) is 9.47 Å². The molecule has 3 rings (SSSR count). The lowest BCUT2D eigenvalue weighted by atomic mass is 9.91. The van der Waals surface area contributed by atoms with Gasteiger partial charge in [0.05, 0.1) is 17.9 Å². The third-order valence-electron chi connectivity index (χ3n) is 5.82. The van der Waals surface area contributed by atoms with Gasteiger partial charge in [0.2, 0.25) is 15.9 Å². The highest BCUT2D eigenvalue weighted by molar-refractivity contribution is 7.89. The predicted octanol–water partition coefficient (Wildman–Crippen LogP) is 3.16. The van der Waals surface area contributed by atoms with E-state index in [-0.39, 0.29) is 24.1 Å². The van der Waals surface area contributed by atoms with E-state index in [1.165, 1.54) is 17.0 Å². The molecule has 0 unspecified atom stereocenters. The van der Waals surface area contributed by atoms with Crippen LogP contribution in [0.5, 0.6) is 0 Å². The molecule has 2 aromatic rings. The number of sulfonamides is 1. The highest BCUT2D eigenvalue weighted by Gasteiger charge is 2.38. The summed E-state index contributed by atoms with van der Waals surface area (Å²) in [6, 6.07) is 10.2. The zero-order chi connectivity index (χ0) is 26.5. The summed E-state index contributed by atoms with van der Waals surface area (Å²) in [6.07, 6.45) is 1.73. The van der Waals surface area contributed by atoms with Crippen LogP contribution in [0.3, 0.4) is 0 Å². The Morgan fingerprint density at radius 3 is 2.31 bits per heavy atom. The number of esters is 2. The van der Waals surface area contributed by atoms with Crippen molar-refractivity contribution in [2.24, 2.45) is 0 Å². The Balaban J connectivity index is 1.91. The number of ether oxygens (including phenoxy) is 2. The standard InChI is InChI=1S/C26H34N2O7S/c1-5-34-24(30)17-28(20-11-8-12-20)25(31)22(16-23(29)35-26(2,3)4)27-36(32,33)21-14-13-18-9-6-7-10-19(18)15-21/h6-7,9-10,13-15,20,22,27H,5,8,11-12,16-17H2,1-4H3/t22-/m0/s1. The summed E-state index contributed by atoms with van der Waals surface area (Å²) in [5.41, 5.74) is -0.819. The molecule has 0 bridgehead atoms. The van der Waals surface area contributed by atoms with E-state index in [1.807, 2.05) is 12.1 Å². The number of nitrogens with zero attached hydrogens (tertiary/aromatic N) is 1. The Morgan fingerprint density at radius 2 is 1.72 bits per heavy atom. The number of carbonyl (C=O) groups excluding carboxylic acids is 3. The average Bonchev–Trinajstić information content (AvgIpc) is 2.75. The molecule has 2 aromatic carbocycles. The van der Waals surface area contributed by atoms with Crippen LogP contribution in [0.15, 0.2) is 47.4 Å². The van der Waals surface area contributed by atoms with Crippen molar-refractivity contribution in [1.82, 2.24) is 9.62 Å². The van der Waals surface area contributed by atoms with E-state index in [1.54, 1.807) is 45.9 Å². The van der Waals surface area contributed by atoms with Gasteiger partial charge >= 0.3 is 11.9 Å². The number of hydrogen-bond donors (Lipinski definition) is 1. The molecular formula is C26H34N2O7S. The zero-order valence-electron chi connectivity index (χ0n) is 21.2. The van der Waals surface area contributed by atoms with Crippen LogP contribution in [-0.2, 0) is 33.9 Å². The monoisotopic (exact) mass is 518 g/mol. The summed E-state index contributed by atoms with van der Waals surface area (Å²) in [7, 11) is -4.19. The molecule has 9 nitrogen and oxygen atoms in total. The van der Waals surface area contributed by atoms with E-state index in [0.717, 1.165) is 11.8 Å². The van der Waals surface area contributed by atoms with Crippen molar-refractivity contribution in [1.29, 1.82) is 0 Å². The third-order valence-corrected chi connectivity index (χ3v) is 7.29. The second-order valence-electron chi connectivity index (χ2n) is 9.83. The smallest absolute Gasteiger partial charge is 0.325 e. The minimum atomic E-state index is -4.19. The molecule has 0 radical (unpaired) electrons. The average molecular weight is 519 g/mol. The molecule has 0 aliphatic heterocycles. The Hall–Kier alpha value is -2.98. The molecule has 36 heavy (non-hydrogen) atoms. The normalized spacial score (nSPS) is 15.1. The Labute approximate surface area is 212 Å². The third kappa shape index (κ3) is 7.27. The molecule has 1 aliphatic carbocycles. The lowest BCUT2D eigenvalue weighted by Crippen LogP contribution is -2.55. The maximum Gasteiger partial charge on any atom is 0.325 e. The minimum Gasteiger partial charge on any atom is -0.465 e. The van der Waals surface area contributed by atoms with E-state index < -0.39 is 45.9 Å². The zero-order valence-corrected chi connectivity index (χ0v) is 22.0. The number of amides is 1. The molecule has 1 amide bonds. The molecule has 1 atom stereocenters. The first-order valence-electron chi connectivity index (χ1n) is 12.1. The number of nitrogens with one attached hydrogen (secondary N) is 1. The number of fused-ring (bicyclic) bond motifs is 1. The summed E-state index contributed by atoms with van der Waals surface area (Å²) in [4.78, 5) is 39.8. The van der Waals surface area contributed by atoms with Crippen LogP contribution in [0.25, 0.3) is 10.8 Å². The number of benzene rings is 2. The molecular weight excluding hydrogens is 484 g/mol. The van der Waals surface area contributed by atoms with Crippen LogP contribution in [0.2, 0.25) is 0 Å². The molecule has 0 saturated heterocycles. The van der Waals surface area contributed by atoms with Crippen molar-refractivity contribution in [3.05, 3.63) is 42.5 Å². The summed E-state index contributed by atoms with van der Waals surface area (Å²) < 4.78 is 39.4. The second kappa shape index (κ2) is 11.4. The summed E-state index contributed by atoms with van der Waals surface area (Å²) in [6.45, 7) is 6.55. The molecule has 10 heteroatoms. The van der Waals surface area contributed by atoms with Gasteiger partial charge in [-0.25, -0.2) is 8.42 Å². The van der Waals surface area contributed by atoms with E-state index in [2.05, 4.69) is 4.72 Å². The number of hydrogen-bond acceptors (Lipinski definition) is 7. The van der Waals surface area contributed by atoms with Crippen LogP contribution in [-0.4, -0.2) is 62.0 Å². The van der Waals surface area contributed by atoms with E-state index in [0.29, 0.717) is 18.2 Å². The Morgan fingerprint density at radius 1 is 1.06 bits per heavy atom. The fourth-order valence-corrected chi connectivity index (χ4v) is 5.17. The lowest BCUT2D eigenvalue weighted by Gasteiger charge is -2.38. The first kappa shape index (κ1) is 27.6. The first-order valence-corrected chi connectivity index (χ1v) is 13.6. The van der Waals surface area contributed by atoms with Crippen LogP contribution < -0.4 is 4.72 Å². The van der Waals surface area contributed by atoms with Crippen molar-refractivity contribution < 1.29 is 32.3 Å². The summed E-state index contributed by atoms with van der Waals surface area (Å²) in [5.74, 6) is -1.99. The van der Waals surface area contributed by atoms with Gasteiger partial charge in [-0.3, -0.25) is 14.4 Å². The predicted molar refractivity (Wildman–Crippen MR) is 135 cm³/mol. The number of rotatable bonds is 10. The van der Waals surface area contributed by atoms with Gasteiger partial charge in [-0.05, 0) is 69.9 Å². The molecule has 1 N–H and O–H groups in total. The van der Waals surface area contributed by atoms with E-state index >= 15 is 0 Å². The highest BCUT2D eigenvalue weighted by atomic mass is 32.2. The van der Waals surface area contributed by atoms with Gasteiger partial charge in [0.25, 0.3) is 0 Å². The summed E-state index contributed by atoms with van der Waals surface area (Å²) >= 11 is 0. The molecule has 0 aromatic heterocycles. The molecule has 1 aliphatic rings. The van der Waals surface area contributed by atoms with Crippen LogP contribution in [0, 0.1) is 0 Å². The number of carbonyl (C=O) groups is 3. The molecule has 0 heterocycles. The van der Waals surface area contributed by atoms with Gasteiger partial charge in [0, 0.05) is 6.04 Å². The van der Waals surface area contributed by atoms with Crippen LogP contribution in [0.4, 0.5) is 0 Å².